The average Bonchev–Trinajstić information content (AvgIpc) is 2.98. The lowest BCUT2D eigenvalue weighted by atomic mass is 10.2. The van der Waals surface area contributed by atoms with Gasteiger partial charge in [0.05, 0.1) is 9.82 Å². The van der Waals surface area contributed by atoms with Crippen molar-refractivity contribution in [3.8, 4) is 0 Å². The highest BCUT2D eigenvalue weighted by atomic mass is 32.2. The number of benzene rings is 1. The highest BCUT2D eigenvalue weighted by molar-refractivity contribution is 7.89. The largest absolute Gasteiger partial charge is 0.315 e. The van der Waals surface area contributed by atoms with Gasteiger partial charge in [-0.25, -0.2) is 8.42 Å². The van der Waals surface area contributed by atoms with Gasteiger partial charge in [-0.3, -0.25) is 10.1 Å². The fourth-order valence-corrected chi connectivity index (χ4v) is 4.45. The van der Waals surface area contributed by atoms with Crippen molar-refractivity contribution in [2.24, 2.45) is 0 Å². The number of hydrogen-bond donors (Lipinski definition) is 1. The summed E-state index contributed by atoms with van der Waals surface area (Å²) in [7, 11) is -3.73. The number of nitrogens with one attached hydrogen (secondary N) is 1. The maximum absolute atomic E-state index is 12.9. The monoisotopic (exact) mass is 327 g/mol. The summed E-state index contributed by atoms with van der Waals surface area (Å²) in [6, 6.07) is 4.01. The quantitative estimate of drug-likeness (QED) is 0.634. The number of hydrogen-bond acceptors (Lipinski definition) is 5. The molecule has 0 aromatic heterocycles. The zero-order chi connectivity index (χ0) is 16.3. The average molecular weight is 327 g/mol. The van der Waals surface area contributed by atoms with Crippen LogP contribution >= 0.6 is 0 Å². The van der Waals surface area contributed by atoms with Gasteiger partial charge in [-0.1, -0.05) is 13.0 Å². The van der Waals surface area contributed by atoms with Crippen LogP contribution in [0.3, 0.4) is 0 Å². The second kappa shape index (κ2) is 6.72. The van der Waals surface area contributed by atoms with Crippen LogP contribution in [-0.4, -0.2) is 43.3 Å². The minimum absolute atomic E-state index is 0.00912. The summed E-state index contributed by atoms with van der Waals surface area (Å²) >= 11 is 0. The topological polar surface area (TPSA) is 92.6 Å². The fraction of sp³-hybridized carbons (Fsp3) is 0.571. The predicted octanol–water partition coefficient (Wildman–Crippen LogP) is 1.67. The molecule has 1 aromatic carbocycles. The molecule has 0 spiro atoms. The molecule has 1 unspecified atom stereocenters. The Balaban J connectivity index is 2.42. The Morgan fingerprint density at radius 2 is 2.18 bits per heavy atom. The standard InChI is InChI=1S/C14H21N3O4S/c1-3-8-16(12-6-7-15-10-12)22(20,21)13-5-4-11(2)14(9-13)17(18)19/h4-5,9,12,15H,3,6-8,10H2,1-2H3. The van der Waals surface area contributed by atoms with Crippen molar-refractivity contribution in [3.05, 3.63) is 33.9 Å². The minimum atomic E-state index is -3.73. The van der Waals surface area contributed by atoms with Crippen molar-refractivity contribution in [1.82, 2.24) is 9.62 Å². The predicted molar refractivity (Wildman–Crippen MR) is 83.3 cm³/mol. The van der Waals surface area contributed by atoms with Gasteiger partial charge < -0.3 is 5.32 Å². The van der Waals surface area contributed by atoms with Crippen molar-refractivity contribution in [2.45, 2.75) is 37.6 Å². The van der Waals surface area contributed by atoms with E-state index in [1.807, 2.05) is 6.92 Å². The fourth-order valence-electron chi connectivity index (χ4n) is 2.69. The molecular formula is C14H21N3O4S. The molecule has 0 saturated carbocycles. The van der Waals surface area contributed by atoms with E-state index in [0.29, 0.717) is 25.1 Å². The lowest BCUT2D eigenvalue weighted by Crippen LogP contribution is -2.42. The Hall–Kier alpha value is -1.51. The van der Waals surface area contributed by atoms with Crippen LogP contribution in [0, 0.1) is 17.0 Å². The molecular weight excluding hydrogens is 306 g/mol. The Bertz CT molecular complexity index is 654. The van der Waals surface area contributed by atoms with Gasteiger partial charge in [-0.05, 0) is 32.4 Å². The molecule has 1 atom stereocenters. The normalized spacial score (nSPS) is 18.8. The van der Waals surface area contributed by atoms with Crippen LogP contribution in [0.4, 0.5) is 5.69 Å². The third-order valence-electron chi connectivity index (χ3n) is 3.87. The molecule has 22 heavy (non-hydrogen) atoms. The molecule has 0 amide bonds. The SMILES string of the molecule is CCCN(C1CCNC1)S(=O)(=O)c1ccc(C)c([N+](=O)[O-])c1. The van der Waals surface area contributed by atoms with E-state index in [4.69, 9.17) is 0 Å². The van der Waals surface area contributed by atoms with Crippen LogP contribution in [0.1, 0.15) is 25.3 Å². The van der Waals surface area contributed by atoms with Gasteiger partial charge in [0.15, 0.2) is 0 Å². The number of nitro groups is 1. The minimum Gasteiger partial charge on any atom is -0.315 e. The zero-order valence-electron chi connectivity index (χ0n) is 12.8. The molecule has 1 aromatic rings. The van der Waals surface area contributed by atoms with Crippen LogP contribution < -0.4 is 5.32 Å². The summed E-state index contributed by atoms with van der Waals surface area (Å²) in [5.74, 6) is 0. The van der Waals surface area contributed by atoms with Gasteiger partial charge in [-0.15, -0.1) is 0 Å². The molecule has 1 N–H and O–H groups in total. The molecule has 1 fully saturated rings. The van der Waals surface area contributed by atoms with Crippen molar-refractivity contribution in [2.75, 3.05) is 19.6 Å². The molecule has 1 aliphatic heterocycles. The maximum atomic E-state index is 12.9. The lowest BCUT2D eigenvalue weighted by Gasteiger charge is -2.27. The third-order valence-corrected chi connectivity index (χ3v) is 5.82. The zero-order valence-corrected chi connectivity index (χ0v) is 13.6. The van der Waals surface area contributed by atoms with E-state index in [-0.39, 0.29) is 16.6 Å². The van der Waals surface area contributed by atoms with Crippen LogP contribution in [0.25, 0.3) is 0 Å². The molecule has 2 rings (SSSR count). The Morgan fingerprint density at radius 3 is 2.73 bits per heavy atom. The molecule has 122 valence electrons. The van der Waals surface area contributed by atoms with E-state index in [2.05, 4.69) is 5.32 Å². The third kappa shape index (κ3) is 3.29. The number of aryl methyl sites for hydroxylation is 1. The Kier molecular flexibility index (Phi) is 5.15. The van der Waals surface area contributed by atoms with E-state index in [1.54, 1.807) is 6.92 Å². The smallest absolute Gasteiger partial charge is 0.273 e. The van der Waals surface area contributed by atoms with Gasteiger partial charge in [0.2, 0.25) is 10.0 Å². The van der Waals surface area contributed by atoms with Gasteiger partial charge in [-0.2, -0.15) is 4.31 Å². The number of sulfonamides is 1. The summed E-state index contributed by atoms with van der Waals surface area (Å²) in [5, 5.41) is 14.2. The Morgan fingerprint density at radius 1 is 1.45 bits per heavy atom. The van der Waals surface area contributed by atoms with E-state index in [1.165, 1.54) is 16.4 Å². The first-order valence-corrected chi connectivity index (χ1v) is 8.79. The van der Waals surface area contributed by atoms with E-state index >= 15 is 0 Å². The van der Waals surface area contributed by atoms with Crippen molar-refractivity contribution in [3.63, 3.8) is 0 Å². The molecule has 1 heterocycles. The summed E-state index contributed by atoms with van der Waals surface area (Å²) in [6.45, 7) is 5.33. The van der Waals surface area contributed by atoms with Crippen molar-refractivity contribution < 1.29 is 13.3 Å². The Labute approximate surface area is 130 Å². The molecule has 8 heteroatoms. The molecule has 1 aliphatic rings. The van der Waals surface area contributed by atoms with E-state index in [9.17, 15) is 18.5 Å². The highest BCUT2D eigenvalue weighted by Crippen LogP contribution is 2.26. The second-order valence-electron chi connectivity index (χ2n) is 5.47. The van der Waals surface area contributed by atoms with Gasteiger partial charge in [0, 0.05) is 30.8 Å². The van der Waals surface area contributed by atoms with Gasteiger partial charge in [0.25, 0.3) is 5.69 Å². The molecule has 0 bridgehead atoms. The molecule has 1 saturated heterocycles. The summed E-state index contributed by atoms with van der Waals surface area (Å²) in [6.07, 6.45) is 1.46. The first kappa shape index (κ1) is 16.9. The van der Waals surface area contributed by atoms with Crippen molar-refractivity contribution in [1.29, 1.82) is 0 Å². The highest BCUT2D eigenvalue weighted by Gasteiger charge is 2.33. The second-order valence-corrected chi connectivity index (χ2v) is 7.36. The molecule has 0 radical (unpaired) electrons. The van der Waals surface area contributed by atoms with E-state index in [0.717, 1.165) is 19.0 Å². The van der Waals surface area contributed by atoms with Crippen LogP contribution in [-0.2, 0) is 10.0 Å². The maximum Gasteiger partial charge on any atom is 0.273 e. The van der Waals surface area contributed by atoms with Crippen LogP contribution in [0.15, 0.2) is 23.1 Å². The van der Waals surface area contributed by atoms with Gasteiger partial charge in [0.1, 0.15) is 0 Å². The summed E-state index contributed by atoms with van der Waals surface area (Å²) in [5.41, 5.74) is 0.288. The summed E-state index contributed by atoms with van der Waals surface area (Å²) in [4.78, 5) is 10.5. The number of rotatable bonds is 6. The van der Waals surface area contributed by atoms with E-state index < -0.39 is 14.9 Å². The van der Waals surface area contributed by atoms with Gasteiger partial charge >= 0.3 is 0 Å². The number of nitro benzene ring substituents is 1. The molecule has 0 aliphatic carbocycles. The van der Waals surface area contributed by atoms with Crippen LogP contribution in [0.5, 0.6) is 0 Å². The first-order valence-electron chi connectivity index (χ1n) is 7.35. The number of nitrogens with zero attached hydrogens (tertiary/aromatic N) is 2. The summed E-state index contributed by atoms with van der Waals surface area (Å²) < 4.78 is 27.2. The first-order chi connectivity index (χ1) is 10.4. The lowest BCUT2D eigenvalue weighted by molar-refractivity contribution is -0.385. The molecule has 7 nitrogen and oxygen atoms in total. The van der Waals surface area contributed by atoms with Crippen molar-refractivity contribution >= 4 is 15.7 Å². The van der Waals surface area contributed by atoms with Crippen LogP contribution in [0.2, 0.25) is 0 Å².